The van der Waals surface area contributed by atoms with E-state index in [2.05, 4.69) is 200 Å². The first-order valence-corrected chi connectivity index (χ1v) is 20.1. The van der Waals surface area contributed by atoms with Gasteiger partial charge in [-0.3, -0.25) is 5.32 Å². The summed E-state index contributed by atoms with van der Waals surface area (Å²) in [5.74, 6) is 1.00. The van der Waals surface area contributed by atoms with E-state index < -0.39 is 0 Å². The van der Waals surface area contributed by atoms with E-state index in [0.717, 1.165) is 45.3 Å². The van der Waals surface area contributed by atoms with Crippen molar-refractivity contribution in [1.82, 2.24) is 10.6 Å². The Morgan fingerprint density at radius 1 is 0.929 bits per heavy atom. The van der Waals surface area contributed by atoms with Crippen molar-refractivity contribution in [3.05, 3.63) is 183 Å². The van der Waals surface area contributed by atoms with E-state index in [9.17, 15) is 0 Å². The van der Waals surface area contributed by atoms with Crippen LogP contribution in [0.5, 0.6) is 0 Å². The average Bonchev–Trinajstić information content (AvgIpc) is 3.71. The lowest BCUT2D eigenvalue weighted by molar-refractivity contribution is 0.437. The second-order valence-corrected chi connectivity index (χ2v) is 16.0. The second kappa shape index (κ2) is 15.1. The van der Waals surface area contributed by atoms with Crippen molar-refractivity contribution in [2.75, 3.05) is 0 Å². The Labute approximate surface area is 332 Å². The molecule has 4 aromatic carbocycles. The monoisotopic (exact) mass is 735 g/mol. The molecule has 4 nitrogen and oxygen atoms in total. The molecule has 4 heteroatoms. The zero-order valence-electron chi connectivity index (χ0n) is 34.0. The predicted molar refractivity (Wildman–Crippen MR) is 239 cm³/mol. The molecule has 2 aliphatic carbocycles. The molecule has 0 amide bonds. The van der Waals surface area contributed by atoms with Gasteiger partial charge < -0.3 is 9.73 Å². The highest BCUT2D eigenvalue weighted by atomic mass is 16.3. The SMILES string of the molecule is C/C=C\C=C(/C)C1NC(C(=C/C)/C=C(\C)c2ccccc2)=NC(c2cc(C3C=C4C(=CC3)c3ccccc3C4(C)C)c3oc4ccc(C)c(/C=C\C)c4c3c2)N1. The van der Waals surface area contributed by atoms with Crippen molar-refractivity contribution in [1.29, 1.82) is 0 Å². The zero-order valence-corrected chi connectivity index (χ0v) is 34.0. The molecule has 5 aromatic rings. The number of rotatable bonds is 8. The molecule has 8 rings (SSSR count). The molecular formula is C52H53N3O. The van der Waals surface area contributed by atoms with Gasteiger partial charge in [-0.15, -0.1) is 0 Å². The van der Waals surface area contributed by atoms with Gasteiger partial charge in [0.2, 0.25) is 0 Å². The first kappa shape index (κ1) is 37.2. The van der Waals surface area contributed by atoms with Crippen LogP contribution in [0.1, 0.15) is 106 Å². The summed E-state index contributed by atoms with van der Waals surface area (Å²) in [6.45, 7) is 17.5. The highest BCUT2D eigenvalue weighted by Gasteiger charge is 2.40. The first-order valence-electron chi connectivity index (χ1n) is 20.1. The van der Waals surface area contributed by atoms with Crippen LogP contribution in [0.4, 0.5) is 0 Å². The molecule has 1 aliphatic heterocycles. The minimum absolute atomic E-state index is 0.0873. The molecule has 0 fully saturated rings. The number of nitrogens with one attached hydrogen (secondary N) is 2. The fourth-order valence-corrected chi connectivity index (χ4v) is 8.87. The third-order valence-electron chi connectivity index (χ3n) is 11.9. The van der Waals surface area contributed by atoms with Crippen molar-refractivity contribution >= 4 is 45.0 Å². The summed E-state index contributed by atoms with van der Waals surface area (Å²) in [4.78, 5) is 5.48. The summed E-state index contributed by atoms with van der Waals surface area (Å²) in [5, 5.41) is 9.95. The van der Waals surface area contributed by atoms with E-state index >= 15 is 0 Å². The molecule has 3 atom stereocenters. The third-order valence-corrected chi connectivity index (χ3v) is 11.9. The van der Waals surface area contributed by atoms with Crippen molar-refractivity contribution in [3.8, 4) is 0 Å². The van der Waals surface area contributed by atoms with E-state index in [0.29, 0.717) is 0 Å². The Hall–Kier alpha value is -5.71. The Morgan fingerprint density at radius 2 is 1.71 bits per heavy atom. The Bertz CT molecular complexity index is 2600. The number of hydrogen-bond donors (Lipinski definition) is 2. The summed E-state index contributed by atoms with van der Waals surface area (Å²) in [6.07, 6.45) is 20.5. The minimum Gasteiger partial charge on any atom is -0.456 e. The highest BCUT2D eigenvalue weighted by Crippen LogP contribution is 2.53. The van der Waals surface area contributed by atoms with Gasteiger partial charge >= 0.3 is 0 Å². The number of benzene rings is 4. The molecule has 2 heterocycles. The van der Waals surface area contributed by atoms with Crippen LogP contribution in [0.25, 0.3) is 39.2 Å². The van der Waals surface area contributed by atoms with Crippen LogP contribution in [0.3, 0.4) is 0 Å². The van der Waals surface area contributed by atoms with Gasteiger partial charge in [-0.25, -0.2) is 4.99 Å². The predicted octanol–water partition coefficient (Wildman–Crippen LogP) is 13.2. The van der Waals surface area contributed by atoms with E-state index in [1.54, 1.807) is 0 Å². The van der Waals surface area contributed by atoms with Crippen molar-refractivity contribution < 1.29 is 4.42 Å². The Morgan fingerprint density at radius 3 is 2.48 bits per heavy atom. The maximum atomic E-state index is 6.93. The van der Waals surface area contributed by atoms with Crippen LogP contribution in [0.15, 0.2) is 154 Å². The highest BCUT2D eigenvalue weighted by molar-refractivity contribution is 6.11. The second-order valence-electron chi connectivity index (χ2n) is 16.0. The van der Waals surface area contributed by atoms with E-state index in [1.165, 1.54) is 55.7 Å². The number of furan rings is 1. The third kappa shape index (κ3) is 6.56. The Balaban J connectivity index is 1.33. The van der Waals surface area contributed by atoms with Gasteiger partial charge in [0.15, 0.2) is 0 Å². The molecule has 56 heavy (non-hydrogen) atoms. The van der Waals surface area contributed by atoms with Crippen molar-refractivity contribution in [2.24, 2.45) is 4.99 Å². The lowest BCUT2D eigenvalue weighted by atomic mass is 9.77. The van der Waals surface area contributed by atoms with E-state index in [1.807, 2.05) is 0 Å². The summed E-state index contributed by atoms with van der Waals surface area (Å²) >= 11 is 0. The standard InChI is InChI=1S/C52H53N3O/c1-9-12-19-33(5)49-53-50(35(11-3)28-34(6)36-20-14-13-15-21-36)55-51(54-49)38-29-42(48-43(30-38)47-39(18-10-2)32(4)24-27-46(47)56-48)37-25-26-41-40-22-16-17-23-44(40)52(7,8)45(41)31-37/h9-24,26-31,37,49,51,54H,25H2,1-8H3,(H,53,55)/b12-9-,18-10-,33-19+,34-28+,35-11+. The number of nitrogens with zero attached hydrogens (tertiary/aromatic N) is 1. The molecule has 1 aromatic heterocycles. The molecule has 0 spiro atoms. The fraction of sp³-hybridized carbons (Fsp3) is 0.250. The maximum Gasteiger partial charge on any atom is 0.139 e. The van der Waals surface area contributed by atoms with E-state index in [-0.39, 0.29) is 23.7 Å². The van der Waals surface area contributed by atoms with E-state index in [4.69, 9.17) is 9.41 Å². The quantitative estimate of drug-likeness (QED) is 0.156. The van der Waals surface area contributed by atoms with Gasteiger partial charge in [0.1, 0.15) is 29.3 Å². The number of amidine groups is 1. The minimum atomic E-state index is -0.316. The van der Waals surface area contributed by atoms with Gasteiger partial charge in [0, 0.05) is 33.2 Å². The van der Waals surface area contributed by atoms with Gasteiger partial charge in [-0.2, -0.15) is 0 Å². The lowest BCUT2D eigenvalue weighted by Gasteiger charge is -2.33. The molecule has 2 N–H and O–H groups in total. The molecule has 282 valence electrons. The summed E-state index contributed by atoms with van der Waals surface area (Å²) in [5.41, 5.74) is 16.7. The van der Waals surface area contributed by atoms with Gasteiger partial charge in [-0.05, 0) is 128 Å². The van der Waals surface area contributed by atoms with Gasteiger partial charge in [0.05, 0.1) is 0 Å². The molecule has 0 bridgehead atoms. The number of allylic oxidation sites excluding steroid dienone is 10. The van der Waals surface area contributed by atoms with Gasteiger partial charge in [0.25, 0.3) is 0 Å². The Kier molecular flexibility index (Phi) is 10.0. The molecule has 0 saturated carbocycles. The zero-order chi connectivity index (χ0) is 39.1. The lowest BCUT2D eigenvalue weighted by Crippen LogP contribution is -2.52. The number of aryl methyl sites for hydroxylation is 1. The van der Waals surface area contributed by atoms with Gasteiger partial charge in [-0.1, -0.05) is 123 Å². The van der Waals surface area contributed by atoms with Crippen molar-refractivity contribution in [2.45, 2.75) is 85.5 Å². The normalized spacial score (nSPS) is 21.3. The maximum absolute atomic E-state index is 6.93. The number of aliphatic imine (C=N–C) groups is 1. The van der Waals surface area contributed by atoms with Crippen LogP contribution >= 0.6 is 0 Å². The summed E-state index contributed by atoms with van der Waals surface area (Å²) < 4.78 is 6.93. The van der Waals surface area contributed by atoms with Crippen LogP contribution in [-0.2, 0) is 5.41 Å². The molecule has 3 aliphatic rings. The van der Waals surface area contributed by atoms with Crippen molar-refractivity contribution in [3.63, 3.8) is 0 Å². The first-order chi connectivity index (χ1) is 27.1. The number of fused-ring (bicyclic) bond motifs is 6. The van der Waals surface area contributed by atoms with Crippen LogP contribution in [0, 0.1) is 6.92 Å². The molecule has 0 radical (unpaired) electrons. The number of hydrogen-bond acceptors (Lipinski definition) is 4. The molecule has 3 unspecified atom stereocenters. The van der Waals surface area contributed by atoms with Crippen LogP contribution < -0.4 is 10.6 Å². The smallest absolute Gasteiger partial charge is 0.139 e. The fourth-order valence-electron chi connectivity index (χ4n) is 8.87. The molecule has 0 saturated heterocycles. The van der Waals surface area contributed by atoms with Crippen LogP contribution in [-0.4, -0.2) is 12.0 Å². The topological polar surface area (TPSA) is 49.6 Å². The summed E-state index contributed by atoms with van der Waals surface area (Å²) in [6, 6.07) is 28.5. The summed E-state index contributed by atoms with van der Waals surface area (Å²) in [7, 11) is 0. The average molecular weight is 736 g/mol. The molecular weight excluding hydrogens is 683 g/mol. The largest absolute Gasteiger partial charge is 0.456 e. The van der Waals surface area contributed by atoms with Crippen LogP contribution in [0.2, 0.25) is 0 Å².